The molecule has 0 aromatic carbocycles. The molecule has 2 saturated heterocycles. The van der Waals surface area contributed by atoms with E-state index in [-0.39, 0.29) is 24.8 Å². The van der Waals surface area contributed by atoms with Crippen LogP contribution in [0.2, 0.25) is 0 Å². The van der Waals surface area contributed by atoms with Crippen molar-refractivity contribution in [2.45, 2.75) is 25.8 Å². The summed E-state index contributed by atoms with van der Waals surface area (Å²) in [6.07, 6.45) is 0.628. The first kappa shape index (κ1) is 17.7. The topological polar surface area (TPSA) is 88.2 Å². The number of carbonyl (C=O) groups excluding carboxylic acids is 3. The molecule has 2 aliphatic rings. The van der Waals surface area contributed by atoms with E-state index in [1.807, 2.05) is 11.8 Å². The van der Waals surface area contributed by atoms with Gasteiger partial charge >= 0.3 is 5.97 Å². The fourth-order valence-electron chi connectivity index (χ4n) is 2.69. The Kier molecular flexibility index (Phi) is 6.79. The lowest BCUT2D eigenvalue weighted by atomic mass is 10.1. The summed E-state index contributed by atoms with van der Waals surface area (Å²) in [7, 11) is 0. The van der Waals surface area contributed by atoms with Gasteiger partial charge in [-0.15, -0.1) is 0 Å². The molecule has 1 atom stereocenters. The first-order valence-corrected chi connectivity index (χ1v) is 8.14. The zero-order valence-corrected chi connectivity index (χ0v) is 13.6. The molecule has 23 heavy (non-hydrogen) atoms. The average Bonchev–Trinajstić information content (AvgIpc) is 2.55. The smallest absolute Gasteiger partial charge is 0.308 e. The number of piperazine rings is 1. The minimum absolute atomic E-state index is 0.0965. The number of hydrogen-bond donors (Lipinski definition) is 1. The van der Waals surface area contributed by atoms with Crippen molar-refractivity contribution in [1.29, 1.82) is 0 Å². The fourth-order valence-corrected chi connectivity index (χ4v) is 2.69. The van der Waals surface area contributed by atoms with Gasteiger partial charge in [-0.1, -0.05) is 6.92 Å². The highest BCUT2D eigenvalue weighted by atomic mass is 16.5. The van der Waals surface area contributed by atoms with Gasteiger partial charge < -0.3 is 19.7 Å². The number of rotatable bonds is 6. The molecule has 2 aliphatic heterocycles. The van der Waals surface area contributed by atoms with E-state index in [0.29, 0.717) is 46.0 Å². The Bertz CT molecular complexity index is 437. The van der Waals surface area contributed by atoms with Gasteiger partial charge in [-0.2, -0.15) is 0 Å². The van der Waals surface area contributed by atoms with Crippen LogP contribution in [-0.4, -0.2) is 86.2 Å². The molecule has 2 fully saturated rings. The second-order valence-electron chi connectivity index (χ2n) is 5.71. The third kappa shape index (κ3) is 5.18. The van der Waals surface area contributed by atoms with Crippen molar-refractivity contribution in [3.8, 4) is 0 Å². The summed E-state index contributed by atoms with van der Waals surface area (Å²) >= 11 is 0. The maximum atomic E-state index is 12.5. The first-order chi connectivity index (χ1) is 11.1. The van der Waals surface area contributed by atoms with Crippen molar-refractivity contribution in [2.75, 3.05) is 52.5 Å². The molecule has 1 N–H and O–H groups in total. The van der Waals surface area contributed by atoms with Gasteiger partial charge in [-0.25, -0.2) is 0 Å². The van der Waals surface area contributed by atoms with Gasteiger partial charge in [0.2, 0.25) is 11.8 Å². The Morgan fingerprint density at radius 2 is 2.04 bits per heavy atom. The van der Waals surface area contributed by atoms with Gasteiger partial charge in [0.15, 0.2) is 0 Å². The normalized spacial score (nSPS) is 22.6. The summed E-state index contributed by atoms with van der Waals surface area (Å²) in [4.78, 5) is 39.9. The third-order valence-corrected chi connectivity index (χ3v) is 3.94. The maximum absolute atomic E-state index is 12.5. The Hall–Kier alpha value is -1.67. The summed E-state index contributed by atoms with van der Waals surface area (Å²) in [5.41, 5.74) is 0. The molecule has 1 unspecified atom stereocenters. The van der Waals surface area contributed by atoms with E-state index < -0.39 is 12.0 Å². The van der Waals surface area contributed by atoms with Crippen LogP contribution in [-0.2, 0) is 23.9 Å². The predicted octanol–water partition coefficient (Wildman–Crippen LogP) is -1.01. The van der Waals surface area contributed by atoms with E-state index in [9.17, 15) is 14.4 Å². The molecular formula is C15H25N3O5. The van der Waals surface area contributed by atoms with Crippen LogP contribution in [0.5, 0.6) is 0 Å². The summed E-state index contributed by atoms with van der Waals surface area (Å²) in [6.45, 7) is 5.94. The molecule has 0 radical (unpaired) electrons. The third-order valence-electron chi connectivity index (χ3n) is 3.94. The number of esters is 1. The van der Waals surface area contributed by atoms with Gasteiger partial charge in [0.25, 0.3) is 0 Å². The quantitative estimate of drug-likeness (QED) is 0.629. The number of morpholine rings is 1. The van der Waals surface area contributed by atoms with Gasteiger partial charge in [0.1, 0.15) is 6.04 Å². The van der Waals surface area contributed by atoms with Crippen molar-refractivity contribution in [1.82, 2.24) is 15.1 Å². The minimum atomic E-state index is -0.776. The SMILES string of the molecule is CCCOC(=O)CC1C(=O)NCCN1C(=O)CN1CCOCC1. The second-order valence-corrected chi connectivity index (χ2v) is 5.71. The predicted molar refractivity (Wildman–Crippen MR) is 81.6 cm³/mol. The lowest BCUT2D eigenvalue weighted by Crippen LogP contribution is -2.59. The fraction of sp³-hybridized carbons (Fsp3) is 0.800. The molecule has 0 spiro atoms. The van der Waals surface area contributed by atoms with E-state index in [0.717, 1.165) is 6.42 Å². The summed E-state index contributed by atoms with van der Waals surface area (Å²) in [6, 6.07) is -0.776. The summed E-state index contributed by atoms with van der Waals surface area (Å²) in [5.74, 6) is -0.867. The average molecular weight is 327 g/mol. The molecule has 8 nitrogen and oxygen atoms in total. The molecule has 2 rings (SSSR count). The van der Waals surface area contributed by atoms with Crippen molar-refractivity contribution in [2.24, 2.45) is 0 Å². The van der Waals surface area contributed by atoms with Crippen LogP contribution in [0, 0.1) is 0 Å². The number of ether oxygens (including phenoxy) is 2. The zero-order chi connectivity index (χ0) is 16.7. The molecule has 2 amide bonds. The highest BCUT2D eigenvalue weighted by Crippen LogP contribution is 2.12. The monoisotopic (exact) mass is 327 g/mol. The lowest BCUT2D eigenvalue weighted by molar-refractivity contribution is -0.152. The van der Waals surface area contributed by atoms with Gasteiger partial charge in [-0.3, -0.25) is 19.3 Å². The maximum Gasteiger partial charge on any atom is 0.308 e. The van der Waals surface area contributed by atoms with Crippen LogP contribution in [0.3, 0.4) is 0 Å². The summed E-state index contributed by atoms with van der Waals surface area (Å²) < 4.78 is 10.3. The number of hydrogen-bond acceptors (Lipinski definition) is 6. The van der Waals surface area contributed by atoms with E-state index >= 15 is 0 Å². The molecule has 0 saturated carbocycles. The van der Waals surface area contributed by atoms with Crippen molar-refractivity contribution in [3.63, 3.8) is 0 Å². The Morgan fingerprint density at radius 3 is 2.74 bits per heavy atom. The molecule has 0 bridgehead atoms. The van der Waals surface area contributed by atoms with Crippen LogP contribution in [0.1, 0.15) is 19.8 Å². The number of amides is 2. The van der Waals surface area contributed by atoms with Crippen LogP contribution < -0.4 is 5.32 Å². The molecule has 0 aromatic rings. The Labute approximate surface area is 136 Å². The first-order valence-electron chi connectivity index (χ1n) is 8.14. The van der Waals surface area contributed by atoms with Crippen LogP contribution in [0.15, 0.2) is 0 Å². The molecule has 2 heterocycles. The molecule has 0 aromatic heterocycles. The molecule has 8 heteroatoms. The van der Waals surface area contributed by atoms with Crippen molar-refractivity contribution in [3.05, 3.63) is 0 Å². The lowest BCUT2D eigenvalue weighted by Gasteiger charge is -2.36. The van der Waals surface area contributed by atoms with Crippen LogP contribution in [0.4, 0.5) is 0 Å². The van der Waals surface area contributed by atoms with E-state index in [2.05, 4.69) is 5.32 Å². The Balaban J connectivity index is 1.93. The highest BCUT2D eigenvalue weighted by molar-refractivity contribution is 5.92. The second kappa shape index (κ2) is 8.83. The number of carbonyl (C=O) groups is 3. The van der Waals surface area contributed by atoms with E-state index in [1.165, 1.54) is 4.90 Å². The van der Waals surface area contributed by atoms with E-state index in [1.54, 1.807) is 0 Å². The van der Waals surface area contributed by atoms with Crippen LogP contribution >= 0.6 is 0 Å². The largest absolute Gasteiger partial charge is 0.466 e. The van der Waals surface area contributed by atoms with Gasteiger partial charge in [0, 0.05) is 26.2 Å². The molecular weight excluding hydrogens is 302 g/mol. The number of nitrogens with one attached hydrogen (secondary N) is 1. The van der Waals surface area contributed by atoms with E-state index in [4.69, 9.17) is 9.47 Å². The number of nitrogens with zero attached hydrogens (tertiary/aromatic N) is 2. The Morgan fingerprint density at radius 1 is 1.30 bits per heavy atom. The van der Waals surface area contributed by atoms with Crippen molar-refractivity contribution >= 4 is 17.8 Å². The van der Waals surface area contributed by atoms with Gasteiger partial charge in [-0.05, 0) is 6.42 Å². The molecule has 130 valence electrons. The minimum Gasteiger partial charge on any atom is -0.466 e. The zero-order valence-electron chi connectivity index (χ0n) is 13.6. The highest BCUT2D eigenvalue weighted by Gasteiger charge is 2.35. The van der Waals surface area contributed by atoms with Crippen molar-refractivity contribution < 1.29 is 23.9 Å². The van der Waals surface area contributed by atoms with Crippen LogP contribution in [0.25, 0.3) is 0 Å². The molecule has 0 aliphatic carbocycles. The summed E-state index contributed by atoms with van der Waals surface area (Å²) in [5, 5.41) is 2.71. The van der Waals surface area contributed by atoms with Gasteiger partial charge in [0.05, 0.1) is 32.8 Å². The standard InChI is InChI=1S/C15H25N3O5/c1-2-7-23-14(20)10-12-15(21)16-3-4-18(12)13(19)11-17-5-8-22-9-6-17/h12H,2-11H2,1H3,(H,16,21).